The molecule has 0 aliphatic heterocycles. The molecule has 0 atom stereocenters. The third kappa shape index (κ3) is 3.32. The van der Waals surface area contributed by atoms with Crippen molar-refractivity contribution >= 4 is 38.9 Å². The van der Waals surface area contributed by atoms with Gasteiger partial charge in [0.05, 0.1) is 26.5 Å². The van der Waals surface area contributed by atoms with Crippen LogP contribution in [0.2, 0.25) is 0 Å². The standard InChI is InChI=1S/C15H13BrN4O2S/c1-21-13-6-14(22-2)19-12(18-13)8-20-15(23)11-4-3-10(16)5-9(11)7-17-20/h3-7H,8H2,1-2H3. The molecule has 0 N–H and O–H groups in total. The number of fused-ring (bicyclic) bond motifs is 1. The number of ether oxygens (including phenoxy) is 2. The average Bonchev–Trinajstić information content (AvgIpc) is 2.57. The van der Waals surface area contributed by atoms with Crippen LogP contribution in [0, 0.1) is 4.64 Å². The Morgan fingerprint density at radius 1 is 1.13 bits per heavy atom. The molecule has 0 spiro atoms. The summed E-state index contributed by atoms with van der Waals surface area (Å²) in [4.78, 5) is 8.60. The van der Waals surface area contributed by atoms with Gasteiger partial charge in [-0.1, -0.05) is 34.2 Å². The van der Waals surface area contributed by atoms with Gasteiger partial charge in [0.2, 0.25) is 11.8 Å². The first-order valence-corrected chi connectivity index (χ1v) is 7.92. The number of hydrogen-bond donors (Lipinski definition) is 0. The molecule has 3 aromatic rings. The van der Waals surface area contributed by atoms with E-state index < -0.39 is 0 Å². The van der Waals surface area contributed by atoms with Crippen molar-refractivity contribution in [3.05, 3.63) is 45.4 Å². The minimum atomic E-state index is 0.332. The lowest BCUT2D eigenvalue weighted by molar-refractivity contribution is 0.366. The Morgan fingerprint density at radius 3 is 2.48 bits per heavy atom. The van der Waals surface area contributed by atoms with E-state index in [1.54, 1.807) is 31.2 Å². The molecule has 0 amide bonds. The van der Waals surface area contributed by atoms with Crippen LogP contribution in [0.15, 0.2) is 34.9 Å². The molecule has 0 saturated heterocycles. The Labute approximate surface area is 146 Å². The van der Waals surface area contributed by atoms with Crippen LogP contribution < -0.4 is 9.47 Å². The molecule has 0 aliphatic rings. The second-order valence-electron chi connectivity index (χ2n) is 4.71. The topological polar surface area (TPSA) is 62.1 Å². The lowest BCUT2D eigenvalue weighted by atomic mass is 10.2. The summed E-state index contributed by atoms with van der Waals surface area (Å²) in [5.41, 5.74) is 0. The van der Waals surface area contributed by atoms with E-state index in [0.717, 1.165) is 15.2 Å². The Hall–Kier alpha value is -2.06. The van der Waals surface area contributed by atoms with Gasteiger partial charge in [0.1, 0.15) is 11.2 Å². The highest BCUT2D eigenvalue weighted by Crippen LogP contribution is 2.20. The first-order chi connectivity index (χ1) is 11.1. The van der Waals surface area contributed by atoms with Crippen LogP contribution in [-0.2, 0) is 6.54 Å². The van der Waals surface area contributed by atoms with E-state index in [4.69, 9.17) is 21.7 Å². The summed E-state index contributed by atoms with van der Waals surface area (Å²) in [5.74, 6) is 1.38. The number of methoxy groups -OCH3 is 2. The molecule has 118 valence electrons. The van der Waals surface area contributed by atoms with E-state index >= 15 is 0 Å². The van der Waals surface area contributed by atoms with E-state index in [1.807, 2.05) is 18.2 Å². The number of aromatic nitrogens is 4. The highest BCUT2D eigenvalue weighted by molar-refractivity contribution is 9.10. The van der Waals surface area contributed by atoms with Gasteiger partial charge in [-0.05, 0) is 12.1 Å². The molecule has 0 fully saturated rings. The third-order valence-electron chi connectivity index (χ3n) is 3.25. The number of rotatable bonds is 4. The highest BCUT2D eigenvalue weighted by Gasteiger charge is 2.08. The van der Waals surface area contributed by atoms with Crippen molar-refractivity contribution in [1.29, 1.82) is 0 Å². The van der Waals surface area contributed by atoms with Gasteiger partial charge in [0, 0.05) is 15.2 Å². The zero-order chi connectivity index (χ0) is 16.4. The van der Waals surface area contributed by atoms with E-state index in [1.165, 1.54) is 0 Å². The Morgan fingerprint density at radius 2 is 1.83 bits per heavy atom. The number of hydrogen-bond acceptors (Lipinski definition) is 6. The summed E-state index contributed by atoms with van der Waals surface area (Å²) >= 11 is 8.97. The monoisotopic (exact) mass is 392 g/mol. The summed E-state index contributed by atoms with van der Waals surface area (Å²) in [6.07, 6.45) is 1.77. The average molecular weight is 393 g/mol. The van der Waals surface area contributed by atoms with E-state index in [0.29, 0.717) is 28.8 Å². The van der Waals surface area contributed by atoms with Gasteiger partial charge in [0.25, 0.3) is 0 Å². The fourth-order valence-corrected chi connectivity index (χ4v) is 2.81. The fraction of sp³-hybridized carbons (Fsp3) is 0.200. The molecule has 0 aliphatic carbocycles. The zero-order valence-corrected chi connectivity index (χ0v) is 14.9. The van der Waals surface area contributed by atoms with E-state index in [-0.39, 0.29) is 0 Å². The molecule has 2 heterocycles. The lowest BCUT2D eigenvalue weighted by Crippen LogP contribution is -2.10. The molecule has 1 aromatic carbocycles. The molecule has 23 heavy (non-hydrogen) atoms. The van der Waals surface area contributed by atoms with Crippen molar-refractivity contribution < 1.29 is 9.47 Å². The molecule has 2 aromatic heterocycles. The van der Waals surface area contributed by atoms with Gasteiger partial charge in [-0.25, -0.2) is 4.68 Å². The molecule has 0 saturated carbocycles. The van der Waals surface area contributed by atoms with Crippen LogP contribution in [0.5, 0.6) is 11.8 Å². The molecule has 6 nitrogen and oxygen atoms in total. The summed E-state index contributed by atoms with van der Waals surface area (Å²) in [6.45, 7) is 0.332. The normalized spacial score (nSPS) is 10.7. The third-order valence-corrected chi connectivity index (χ3v) is 4.17. The number of nitrogens with zero attached hydrogens (tertiary/aromatic N) is 4. The molecule has 8 heteroatoms. The van der Waals surface area contributed by atoms with E-state index in [9.17, 15) is 0 Å². The smallest absolute Gasteiger partial charge is 0.220 e. The van der Waals surface area contributed by atoms with Crippen molar-refractivity contribution in [1.82, 2.24) is 19.7 Å². The largest absolute Gasteiger partial charge is 0.481 e. The van der Waals surface area contributed by atoms with Crippen molar-refractivity contribution in [3.63, 3.8) is 0 Å². The van der Waals surface area contributed by atoms with Crippen molar-refractivity contribution in [3.8, 4) is 11.8 Å². The Kier molecular flexibility index (Phi) is 4.53. The van der Waals surface area contributed by atoms with Gasteiger partial charge < -0.3 is 9.47 Å². The Bertz CT molecular complexity index is 907. The SMILES string of the molecule is COc1cc(OC)nc(Cn2ncc3cc(Br)ccc3c2=S)n1. The summed E-state index contributed by atoms with van der Waals surface area (Å²) in [5, 5.41) is 6.31. The van der Waals surface area contributed by atoms with Gasteiger partial charge in [-0.15, -0.1) is 0 Å². The summed E-state index contributed by atoms with van der Waals surface area (Å²) in [6, 6.07) is 7.52. The molecule has 0 unspecified atom stereocenters. The molecule has 3 rings (SSSR count). The first-order valence-electron chi connectivity index (χ1n) is 6.72. The molecular formula is C15H13BrN4O2S. The molecule has 0 radical (unpaired) electrons. The van der Waals surface area contributed by atoms with Crippen LogP contribution >= 0.6 is 28.1 Å². The quantitative estimate of drug-likeness (QED) is 0.634. The van der Waals surface area contributed by atoms with Crippen LogP contribution in [0.3, 0.4) is 0 Å². The van der Waals surface area contributed by atoms with Crippen LogP contribution in [0.25, 0.3) is 10.8 Å². The van der Waals surface area contributed by atoms with Gasteiger partial charge in [-0.3, -0.25) is 0 Å². The highest BCUT2D eigenvalue weighted by atomic mass is 79.9. The second-order valence-corrected chi connectivity index (χ2v) is 6.01. The number of benzene rings is 1. The summed E-state index contributed by atoms with van der Waals surface area (Å²) in [7, 11) is 3.09. The van der Waals surface area contributed by atoms with Gasteiger partial charge in [-0.2, -0.15) is 15.1 Å². The first kappa shape index (κ1) is 15.8. The van der Waals surface area contributed by atoms with Crippen LogP contribution in [0.4, 0.5) is 0 Å². The maximum Gasteiger partial charge on any atom is 0.220 e. The van der Waals surface area contributed by atoms with Gasteiger partial charge >= 0.3 is 0 Å². The predicted octanol–water partition coefficient (Wildman–Crippen LogP) is 3.38. The minimum Gasteiger partial charge on any atom is -0.481 e. The van der Waals surface area contributed by atoms with Crippen molar-refractivity contribution in [2.45, 2.75) is 6.54 Å². The Balaban J connectivity index is 2.03. The fourth-order valence-electron chi connectivity index (χ4n) is 2.13. The van der Waals surface area contributed by atoms with Crippen molar-refractivity contribution in [2.24, 2.45) is 0 Å². The van der Waals surface area contributed by atoms with Gasteiger partial charge in [0.15, 0.2) is 5.82 Å². The maximum atomic E-state index is 5.53. The lowest BCUT2D eigenvalue weighted by Gasteiger charge is -2.09. The van der Waals surface area contributed by atoms with Crippen LogP contribution in [-0.4, -0.2) is 34.0 Å². The maximum absolute atomic E-state index is 5.53. The predicted molar refractivity (Wildman–Crippen MR) is 92.5 cm³/mol. The number of halogens is 1. The second kappa shape index (κ2) is 6.59. The zero-order valence-electron chi connectivity index (χ0n) is 12.5. The molecular weight excluding hydrogens is 380 g/mol. The molecule has 0 bridgehead atoms. The van der Waals surface area contributed by atoms with Crippen molar-refractivity contribution in [2.75, 3.05) is 14.2 Å². The van der Waals surface area contributed by atoms with E-state index in [2.05, 4.69) is 31.0 Å². The minimum absolute atomic E-state index is 0.332. The van der Waals surface area contributed by atoms with Crippen LogP contribution in [0.1, 0.15) is 5.82 Å². The summed E-state index contributed by atoms with van der Waals surface area (Å²) < 4.78 is 13.6.